The van der Waals surface area contributed by atoms with Crippen LogP contribution in [0.2, 0.25) is 0 Å². The van der Waals surface area contributed by atoms with E-state index < -0.39 is 33.5 Å². The van der Waals surface area contributed by atoms with Gasteiger partial charge in [0, 0.05) is 12.4 Å². The van der Waals surface area contributed by atoms with E-state index in [1.54, 1.807) is 24.5 Å². The largest absolute Gasteiger partial charge is 0.503 e. The molecule has 0 saturated carbocycles. The zero-order valence-corrected chi connectivity index (χ0v) is 11.1. The van der Waals surface area contributed by atoms with Crippen molar-refractivity contribution in [2.45, 2.75) is 0 Å². The van der Waals surface area contributed by atoms with E-state index in [9.17, 15) is 17.6 Å². The molecule has 20 heavy (non-hydrogen) atoms. The van der Waals surface area contributed by atoms with Crippen LogP contribution in [0.3, 0.4) is 0 Å². The number of aromatic hydroxyl groups is 1. The molecule has 104 valence electrons. The summed E-state index contributed by atoms with van der Waals surface area (Å²) in [5.41, 5.74) is 0.653. The van der Waals surface area contributed by atoms with Crippen molar-refractivity contribution in [2.75, 3.05) is 0 Å². The zero-order valence-electron chi connectivity index (χ0n) is 9.54. The molecule has 0 saturated heterocycles. The molecule has 3 nitrogen and oxygen atoms in total. The summed E-state index contributed by atoms with van der Waals surface area (Å²) >= 11 is 2.27. The maximum Gasteiger partial charge on any atom is 0.204 e. The molecule has 0 bridgehead atoms. The van der Waals surface area contributed by atoms with Crippen LogP contribution in [0, 0.1) is 34.6 Å². The quantitative estimate of drug-likeness (QED) is 0.449. The van der Waals surface area contributed by atoms with E-state index in [1.807, 2.05) is 6.07 Å². The predicted octanol–water partition coefficient (Wildman–Crippen LogP) is 3.66. The van der Waals surface area contributed by atoms with Gasteiger partial charge in [0.15, 0.2) is 17.4 Å². The zero-order chi connectivity index (χ0) is 15.3. The standard InChI is InChI=1S/C6HBrF4O.C6H4N2/c7-1-2(8)4(10)6(12)5(11)3(1)9;7-5-6-1-3-8-4-2-6/h12H;1-4H. The number of phenols is 1. The lowest BCUT2D eigenvalue weighted by molar-refractivity contribution is 0.353. The topological polar surface area (TPSA) is 56.9 Å². The Hall–Kier alpha value is -2.14. The molecule has 0 amide bonds. The second-order valence-electron chi connectivity index (χ2n) is 3.27. The molecule has 0 unspecified atom stereocenters. The molecule has 0 aliphatic carbocycles. The summed E-state index contributed by atoms with van der Waals surface area (Å²) in [6.45, 7) is 0. The van der Waals surface area contributed by atoms with Crippen LogP contribution in [-0.2, 0) is 0 Å². The SMILES string of the molecule is N#Cc1ccncc1.Oc1c(F)c(F)c(Br)c(F)c1F. The number of nitriles is 1. The summed E-state index contributed by atoms with van der Waals surface area (Å²) in [5, 5.41) is 16.7. The Balaban J connectivity index is 0.000000217. The average molecular weight is 349 g/mol. The third-order valence-electron chi connectivity index (χ3n) is 2.00. The highest BCUT2D eigenvalue weighted by molar-refractivity contribution is 9.10. The fourth-order valence-corrected chi connectivity index (χ4v) is 1.37. The Kier molecular flexibility index (Phi) is 5.46. The first-order chi connectivity index (χ1) is 9.40. The van der Waals surface area contributed by atoms with Gasteiger partial charge in [-0.1, -0.05) is 0 Å². The van der Waals surface area contributed by atoms with Gasteiger partial charge in [0.2, 0.25) is 11.6 Å². The Bertz CT molecular complexity index is 554. The van der Waals surface area contributed by atoms with Crippen molar-refractivity contribution in [1.82, 2.24) is 4.98 Å². The number of phenolic OH excluding ortho intramolecular Hbond substituents is 1. The summed E-state index contributed by atoms with van der Waals surface area (Å²) < 4.78 is 48.7. The summed E-state index contributed by atoms with van der Waals surface area (Å²) in [6, 6.07) is 5.32. The van der Waals surface area contributed by atoms with Crippen LogP contribution in [0.15, 0.2) is 29.0 Å². The van der Waals surface area contributed by atoms with Crippen LogP contribution in [-0.4, -0.2) is 10.1 Å². The Morgan fingerprint density at radius 2 is 1.45 bits per heavy atom. The number of nitrogens with zero attached hydrogens (tertiary/aromatic N) is 2. The minimum atomic E-state index is -1.82. The molecule has 0 spiro atoms. The lowest BCUT2D eigenvalue weighted by Gasteiger charge is -2.02. The van der Waals surface area contributed by atoms with Gasteiger partial charge >= 0.3 is 0 Å². The lowest BCUT2D eigenvalue weighted by atomic mass is 10.3. The van der Waals surface area contributed by atoms with Crippen LogP contribution >= 0.6 is 15.9 Å². The maximum atomic E-state index is 12.4. The molecule has 1 heterocycles. The van der Waals surface area contributed by atoms with Crippen molar-refractivity contribution in [1.29, 1.82) is 5.26 Å². The molecule has 0 atom stereocenters. The molecule has 0 radical (unpaired) electrons. The van der Waals surface area contributed by atoms with Crippen molar-refractivity contribution >= 4 is 15.9 Å². The molecule has 1 aromatic carbocycles. The molecule has 1 N–H and O–H groups in total. The molecule has 2 aromatic rings. The van der Waals surface area contributed by atoms with Crippen molar-refractivity contribution in [3.63, 3.8) is 0 Å². The third-order valence-corrected chi connectivity index (χ3v) is 2.69. The van der Waals surface area contributed by atoms with Gasteiger partial charge in [-0.2, -0.15) is 14.0 Å². The first-order valence-electron chi connectivity index (χ1n) is 4.90. The van der Waals surface area contributed by atoms with Gasteiger partial charge in [0.05, 0.1) is 16.1 Å². The monoisotopic (exact) mass is 348 g/mol. The van der Waals surface area contributed by atoms with E-state index in [-0.39, 0.29) is 0 Å². The van der Waals surface area contributed by atoms with Gasteiger partial charge in [0.25, 0.3) is 0 Å². The second-order valence-corrected chi connectivity index (χ2v) is 4.06. The Labute approximate surface area is 119 Å². The normalized spacial score (nSPS) is 9.40. The second kappa shape index (κ2) is 6.86. The highest BCUT2D eigenvalue weighted by atomic mass is 79.9. The Morgan fingerprint density at radius 1 is 1.00 bits per heavy atom. The van der Waals surface area contributed by atoms with E-state index >= 15 is 0 Å². The van der Waals surface area contributed by atoms with E-state index in [0.717, 1.165) is 0 Å². The van der Waals surface area contributed by atoms with Crippen molar-refractivity contribution in [3.8, 4) is 11.8 Å². The number of aromatic nitrogens is 1. The summed E-state index contributed by atoms with van der Waals surface area (Å²) in [6.07, 6.45) is 3.19. The van der Waals surface area contributed by atoms with Crippen LogP contribution < -0.4 is 0 Å². The molecule has 1 aromatic heterocycles. The van der Waals surface area contributed by atoms with Crippen LogP contribution in [0.5, 0.6) is 5.75 Å². The van der Waals surface area contributed by atoms with E-state index in [1.165, 1.54) is 0 Å². The number of hydrogen-bond acceptors (Lipinski definition) is 3. The number of rotatable bonds is 0. The molecule has 0 aliphatic rings. The van der Waals surface area contributed by atoms with Gasteiger partial charge in [0.1, 0.15) is 0 Å². The molecule has 8 heteroatoms. The third kappa shape index (κ3) is 3.45. The maximum absolute atomic E-state index is 12.4. The van der Waals surface area contributed by atoms with E-state index in [2.05, 4.69) is 20.9 Å². The minimum Gasteiger partial charge on any atom is -0.503 e. The van der Waals surface area contributed by atoms with Gasteiger partial charge in [-0.15, -0.1) is 0 Å². The van der Waals surface area contributed by atoms with Crippen LogP contribution in [0.1, 0.15) is 5.56 Å². The predicted molar refractivity (Wildman–Crippen MR) is 64.6 cm³/mol. The van der Waals surface area contributed by atoms with Gasteiger partial charge in [-0.3, -0.25) is 4.98 Å². The number of halogens is 5. The number of hydrogen-bond donors (Lipinski definition) is 1. The lowest BCUT2D eigenvalue weighted by Crippen LogP contribution is -1.96. The molecular formula is C12H5BrF4N2O. The van der Waals surface area contributed by atoms with Crippen molar-refractivity contribution < 1.29 is 22.7 Å². The Morgan fingerprint density at radius 3 is 1.80 bits per heavy atom. The van der Waals surface area contributed by atoms with Gasteiger partial charge < -0.3 is 5.11 Å². The fraction of sp³-hybridized carbons (Fsp3) is 0. The molecule has 2 rings (SSSR count). The molecule has 0 aliphatic heterocycles. The minimum absolute atomic E-state index is 0.653. The van der Waals surface area contributed by atoms with E-state index in [4.69, 9.17) is 10.4 Å². The highest BCUT2D eigenvalue weighted by Gasteiger charge is 2.23. The van der Waals surface area contributed by atoms with Gasteiger partial charge in [-0.25, -0.2) is 8.78 Å². The molecular weight excluding hydrogens is 344 g/mol. The van der Waals surface area contributed by atoms with Crippen molar-refractivity contribution in [2.24, 2.45) is 0 Å². The summed E-state index contributed by atoms with van der Waals surface area (Å²) in [7, 11) is 0. The van der Waals surface area contributed by atoms with Crippen molar-refractivity contribution in [3.05, 3.63) is 57.8 Å². The highest BCUT2D eigenvalue weighted by Crippen LogP contribution is 2.31. The van der Waals surface area contributed by atoms with Gasteiger partial charge in [-0.05, 0) is 28.1 Å². The first kappa shape index (κ1) is 15.9. The van der Waals surface area contributed by atoms with Crippen LogP contribution in [0.4, 0.5) is 17.6 Å². The molecule has 0 fully saturated rings. The smallest absolute Gasteiger partial charge is 0.204 e. The fourth-order valence-electron chi connectivity index (χ4n) is 1.02. The summed E-state index contributed by atoms with van der Waals surface area (Å²) in [4.78, 5) is 3.74. The number of benzene rings is 1. The summed E-state index contributed by atoms with van der Waals surface area (Å²) in [5.74, 6) is -8.62. The van der Waals surface area contributed by atoms with Crippen LogP contribution in [0.25, 0.3) is 0 Å². The number of pyridine rings is 1. The average Bonchev–Trinajstić information content (AvgIpc) is 2.50. The first-order valence-corrected chi connectivity index (χ1v) is 5.70. The van der Waals surface area contributed by atoms with E-state index in [0.29, 0.717) is 5.56 Å².